The number of hydrogen-bond acceptors (Lipinski definition) is 4. The van der Waals surface area contributed by atoms with Crippen LogP contribution in [0.25, 0.3) is 0 Å². The molecule has 1 aromatic carbocycles. The van der Waals surface area contributed by atoms with Gasteiger partial charge in [-0.3, -0.25) is 9.79 Å². The first-order chi connectivity index (χ1) is 14.0. The van der Waals surface area contributed by atoms with E-state index < -0.39 is 0 Å². The van der Waals surface area contributed by atoms with E-state index in [1.807, 2.05) is 24.0 Å². The Labute approximate surface area is 180 Å². The van der Waals surface area contributed by atoms with Gasteiger partial charge in [0, 0.05) is 43.0 Å². The number of halogens is 1. The molecule has 1 amide bonds. The molecule has 1 aromatic heterocycles. The number of nitrogens with one attached hydrogen (secondary N) is 2. The number of nitrogens with zero attached hydrogens (tertiary/aromatic N) is 2. The summed E-state index contributed by atoms with van der Waals surface area (Å²) in [5.41, 5.74) is 1.29. The van der Waals surface area contributed by atoms with E-state index in [-0.39, 0.29) is 12.0 Å². The van der Waals surface area contributed by atoms with Gasteiger partial charge in [0.2, 0.25) is 5.91 Å². The Hall–Kier alpha value is -2.25. The molecule has 6 nitrogen and oxygen atoms in total. The third-order valence-electron chi connectivity index (χ3n) is 4.72. The number of rotatable bonds is 7. The predicted octanol–water partition coefficient (Wildman–Crippen LogP) is 3.31. The van der Waals surface area contributed by atoms with E-state index in [1.165, 1.54) is 10.4 Å². The lowest BCUT2D eigenvalue weighted by Crippen LogP contribution is -2.43. The Balaban J connectivity index is 1.36. The second kappa shape index (κ2) is 10.5. The number of benzene rings is 1. The molecule has 29 heavy (non-hydrogen) atoms. The van der Waals surface area contributed by atoms with Crippen molar-refractivity contribution in [1.82, 2.24) is 15.5 Å². The summed E-state index contributed by atoms with van der Waals surface area (Å²) in [6.45, 7) is 4.64. The quantitative estimate of drug-likeness (QED) is 0.518. The molecule has 2 heterocycles. The number of thiophene rings is 1. The zero-order valence-corrected chi connectivity index (χ0v) is 18.4. The van der Waals surface area contributed by atoms with Gasteiger partial charge in [0.05, 0.1) is 6.54 Å². The largest absolute Gasteiger partial charge is 0.489 e. The maximum atomic E-state index is 12.5. The van der Waals surface area contributed by atoms with Gasteiger partial charge in [0.1, 0.15) is 11.9 Å². The van der Waals surface area contributed by atoms with Gasteiger partial charge in [-0.15, -0.1) is 11.3 Å². The van der Waals surface area contributed by atoms with Crippen LogP contribution < -0.4 is 15.4 Å². The maximum absolute atomic E-state index is 12.5. The first kappa shape index (κ1) is 21.5. The van der Waals surface area contributed by atoms with Gasteiger partial charge < -0.3 is 20.3 Å². The summed E-state index contributed by atoms with van der Waals surface area (Å²) >= 11 is 7.67. The first-order valence-electron chi connectivity index (χ1n) is 9.75. The van der Waals surface area contributed by atoms with Crippen molar-refractivity contribution in [3.8, 4) is 5.75 Å². The SMILES string of the molecule is CN=C(NCCC(=O)N1CCc2sccc2C1)NCC(C)Oc1ccc(Cl)cc1. The lowest BCUT2D eigenvalue weighted by Gasteiger charge is -2.27. The third kappa shape index (κ3) is 6.37. The van der Waals surface area contributed by atoms with E-state index in [1.54, 1.807) is 30.5 Å². The molecule has 0 aliphatic carbocycles. The highest BCUT2D eigenvalue weighted by Gasteiger charge is 2.21. The number of aliphatic imine (C=N–C) groups is 1. The molecule has 1 unspecified atom stereocenters. The van der Waals surface area contributed by atoms with E-state index >= 15 is 0 Å². The molecular formula is C21H27ClN4O2S. The first-order valence-corrected chi connectivity index (χ1v) is 11.0. The average Bonchev–Trinajstić information content (AvgIpc) is 3.20. The molecule has 0 radical (unpaired) electrons. The standard InChI is InChI=1S/C21H27ClN4O2S/c1-15(28-18-5-3-17(22)4-6-18)13-25-21(23-2)24-10-7-20(27)26-11-8-19-16(14-26)9-12-29-19/h3-6,9,12,15H,7-8,10-11,13-14H2,1-2H3,(H2,23,24,25). The van der Waals surface area contributed by atoms with Crippen molar-refractivity contribution < 1.29 is 9.53 Å². The molecule has 1 aliphatic rings. The molecule has 2 aromatic rings. The van der Waals surface area contributed by atoms with Crippen molar-refractivity contribution in [3.63, 3.8) is 0 Å². The Bertz CT molecular complexity index is 837. The minimum Gasteiger partial charge on any atom is -0.489 e. The van der Waals surface area contributed by atoms with E-state index in [2.05, 4.69) is 27.1 Å². The number of carbonyl (C=O) groups excluding carboxylic acids is 1. The zero-order chi connectivity index (χ0) is 20.6. The number of carbonyl (C=O) groups is 1. The summed E-state index contributed by atoms with van der Waals surface area (Å²) in [4.78, 5) is 20.0. The monoisotopic (exact) mass is 434 g/mol. The fraction of sp³-hybridized carbons (Fsp3) is 0.429. The van der Waals surface area contributed by atoms with Gasteiger partial charge in [-0.1, -0.05) is 11.6 Å². The summed E-state index contributed by atoms with van der Waals surface area (Å²) in [5, 5.41) is 9.22. The molecule has 2 N–H and O–H groups in total. The summed E-state index contributed by atoms with van der Waals surface area (Å²) in [6, 6.07) is 9.41. The topological polar surface area (TPSA) is 66.0 Å². The highest BCUT2D eigenvalue weighted by Crippen LogP contribution is 2.24. The normalized spacial score (nSPS) is 14.9. The Morgan fingerprint density at radius 1 is 1.31 bits per heavy atom. The molecule has 3 rings (SSSR count). The summed E-state index contributed by atoms with van der Waals surface area (Å²) in [6.07, 6.45) is 1.35. The Morgan fingerprint density at radius 2 is 2.10 bits per heavy atom. The lowest BCUT2D eigenvalue weighted by atomic mass is 10.1. The zero-order valence-electron chi connectivity index (χ0n) is 16.8. The van der Waals surface area contributed by atoms with E-state index in [0.29, 0.717) is 30.5 Å². The molecule has 0 bridgehead atoms. The highest BCUT2D eigenvalue weighted by atomic mass is 35.5. The molecule has 8 heteroatoms. The van der Waals surface area contributed by atoms with Gasteiger partial charge in [-0.25, -0.2) is 0 Å². The van der Waals surface area contributed by atoms with Crippen LogP contribution in [0.5, 0.6) is 5.75 Å². The molecule has 1 aliphatic heterocycles. The summed E-state index contributed by atoms with van der Waals surface area (Å²) in [7, 11) is 1.71. The van der Waals surface area contributed by atoms with Gasteiger partial charge in [-0.2, -0.15) is 0 Å². The minimum atomic E-state index is -0.0514. The molecule has 0 saturated heterocycles. The molecule has 156 valence electrons. The van der Waals surface area contributed by atoms with Crippen LogP contribution in [0.1, 0.15) is 23.8 Å². The highest BCUT2D eigenvalue weighted by molar-refractivity contribution is 7.10. The molecular weight excluding hydrogens is 408 g/mol. The van der Waals surface area contributed by atoms with E-state index in [0.717, 1.165) is 25.3 Å². The van der Waals surface area contributed by atoms with Crippen LogP contribution in [-0.2, 0) is 17.8 Å². The molecule has 0 fully saturated rings. The van der Waals surface area contributed by atoms with Crippen molar-refractivity contribution in [2.75, 3.05) is 26.7 Å². The number of fused-ring (bicyclic) bond motifs is 1. The van der Waals surface area contributed by atoms with Gasteiger partial charge >= 0.3 is 0 Å². The Kier molecular flexibility index (Phi) is 7.77. The van der Waals surface area contributed by atoms with Crippen LogP contribution in [-0.4, -0.2) is 49.6 Å². The van der Waals surface area contributed by atoms with Crippen LogP contribution in [0, 0.1) is 0 Å². The Morgan fingerprint density at radius 3 is 2.86 bits per heavy atom. The molecule has 1 atom stereocenters. The van der Waals surface area contributed by atoms with Crippen LogP contribution in [0.2, 0.25) is 5.02 Å². The van der Waals surface area contributed by atoms with E-state index in [9.17, 15) is 4.79 Å². The predicted molar refractivity (Wildman–Crippen MR) is 119 cm³/mol. The summed E-state index contributed by atoms with van der Waals surface area (Å²) < 4.78 is 5.84. The fourth-order valence-electron chi connectivity index (χ4n) is 3.16. The van der Waals surface area contributed by atoms with Crippen molar-refractivity contribution in [3.05, 3.63) is 51.2 Å². The average molecular weight is 435 g/mol. The number of hydrogen-bond donors (Lipinski definition) is 2. The van der Waals surface area contributed by atoms with Crippen molar-refractivity contribution in [2.45, 2.75) is 32.4 Å². The van der Waals surface area contributed by atoms with Gasteiger partial charge in [0.15, 0.2) is 5.96 Å². The second-order valence-electron chi connectivity index (χ2n) is 6.95. The van der Waals surface area contributed by atoms with E-state index in [4.69, 9.17) is 16.3 Å². The smallest absolute Gasteiger partial charge is 0.224 e. The molecule has 0 spiro atoms. The van der Waals surface area contributed by atoms with Crippen LogP contribution in [0.3, 0.4) is 0 Å². The number of guanidine groups is 1. The third-order valence-corrected chi connectivity index (χ3v) is 6.00. The lowest BCUT2D eigenvalue weighted by molar-refractivity contribution is -0.131. The maximum Gasteiger partial charge on any atom is 0.224 e. The van der Waals surface area contributed by atoms with Gasteiger partial charge in [0.25, 0.3) is 0 Å². The minimum absolute atomic E-state index is 0.0514. The van der Waals surface area contributed by atoms with Crippen molar-refractivity contribution in [2.24, 2.45) is 4.99 Å². The summed E-state index contributed by atoms with van der Waals surface area (Å²) in [5.74, 6) is 1.60. The van der Waals surface area contributed by atoms with Crippen molar-refractivity contribution >= 4 is 34.8 Å². The number of ether oxygens (including phenoxy) is 1. The van der Waals surface area contributed by atoms with Crippen LogP contribution >= 0.6 is 22.9 Å². The van der Waals surface area contributed by atoms with Gasteiger partial charge in [-0.05, 0) is 54.6 Å². The number of amides is 1. The molecule has 0 saturated carbocycles. The van der Waals surface area contributed by atoms with Crippen molar-refractivity contribution in [1.29, 1.82) is 0 Å². The second-order valence-corrected chi connectivity index (χ2v) is 8.38. The fourth-order valence-corrected chi connectivity index (χ4v) is 4.17. The van der Waals surface area contributed by atoms with Crippen LogP contribution in [0.4, 0.5) is 0 Å². The van der Waals surface area contributed by atoms with Crippen LogP contribution in [0.15, 0.2) is 40.7 Å².